The molecular formula is C24H36. The highest BCUT2D eigenvalue weighted by Gasteiger charge is 2.19. The fourth-order valence-electron chi connectivity index (χ4n) is 3.26. The van der Waals surface area contributed by atoms with Gasteiger partial charge in [-0.05, 0) is 96.4 Å². The molecule has 0 amide bonds. The third-order valence-electron chi connectivity index (χ3n) is 6.07. The molecule has 0 saturated heterocycles. The molecule has 0 aromatic rings. The minimum Gasteiger partial charge on any atom is -0.0808 e. The van der Waals surface area contributed by atoms with Crippen molar-refractivity contribution in [1.29, 1.82) is 0 Å². The van der Waals surface area contributed by atoms with Crippen molar-refractivity contribution in [2.75, 3.05) is 0 Å². The highest BCUT2D eigenvalue weighted by molar-refractivity contribution is 5.45. The molecule has 0 aromatic heterocycles. The fraction of sp³-hybridized carbons (Fsp3) is 0.500. The number of hydrogen-bond acceptors (Lipinski definition) is 0. The van der Waals surface area contributed by atoms with Gasteiger partial charge in [0.15, 0.2) is 0 Å². The van der Waals surface area contributed by atoms with Crippen LogP contribution in [0.3, 0.4) is 0 Å². The lowest BCUT2D eigenvalue weighted by Gasteiger charge is -2.05. The minimum atomic E-state index is 0.694. The van der Waals surface area contributed by atoms with E-state index in [2.05, 4.69) is 86.6 Å². The van der Waals surface area contributed by atoms with E-state index in [1.165, 1.54) is 28.7 Å². The molecule has 0 unspecified atom stereocenters. The SMILES string of the molecule is C1=CCC=C1.CC1=C(C)C(C)=C(C)C1.CC1=C(C)C(C)C(C)=C1C. The van der Waals surface area contributed by atoms with Crippen LogP contribution in [0.1, 0.15) is 75.2 Å². The van der Waals surface area contributed by atoms with E-state index in [-0.39, 0.29) is 0 Å². The van der Waals surface area contributed by atoms with Crippen molar-refractivity contribution in [3.05, 3.63) is 68.9 Å². The average Bonchev–Trinajstić information content (AvgIpc) is 3.25. The number of rotatable bonds is 0. The van der Waals surface area contributed by atoms with Gasteiger partial charge >= 0.3 is 0 Å². The highest BCUT2D eigenvalue weighted by Crippen LogP contribution is 2.35. The monoisotopic (exact) mass is 324 g/mol. The van der Waals surface area contributed by atoms with Crippen molar-refractivity contribution in [3.63, 3.8) is 0 Å². The van der Waals surface area contributed by atoms with Crippen LogP contribution in [0.25, 0.3) is 0 Å². The van der Waals surface area contributed by atoms with Gasteiger partial charge in [-0.25, -0.2) is 0 Å². The van der Waals surface area contributed by atoms with E-state index in [0.29, 0.717) is 5.92 Å². The normalized spacial score (nSPS) is 20.0. The Labute approximate surface area is 150 Å². The summed E-state index contributed by atoms with van der Waals surface area (Å²) in [6.45, 7) is 20.0. The first-order valence-electron chi connectivity index (χ1n) is 9.18. The molecule has 0 heterocycles. The van der Waals surface area contributed by atoms with Crippen LogP contribution in [0, 0.1) is 5.92 Å². The van der Waals surface area contributed by atoms with Crippen molar-refractivity contribution in [1.82, 2.24) is 0 Å². The molecule has 3 aliphatic rings. The summed E-state index contributed by atoms with van der Waals surface area (Å²) in [6.07, 6.45) is 10.7. The maximum Gasteiger partial charge on any atom is -0.00153 e. The third kappa shape index (κ3) is 4.97. The summed E-state index contributed by atoms with van der Waals surface area (Å²) in [5.41, 5.74) is 12.2. The summed E-state index contributed by atoms with van der Waals surface area (Å²) in [5.74, 6) is 0.694. The third-order valence-corrected chi connectivity index (χ3v) is 6.07. The molecule has 0 radical (unpaired) electrons. The van der Waals surface area contributed by atoms with Crippen LogP contribution in [0.15, 0.2) is 68.9 Å². The average molecular weight is 325 g/mol. The Morgan fingerprint density at radius 1 is 0.625 bits per heavy atom. The summed E-state index contributed by atoms with van der Waals surface area (Å²) in [6, 6.07) is 0. The zero-order valence-electron chi connectivity index (χ0n) is 17.3. The zero-order chi connectivity index (χ0) is 18.4. The molecule has 0 saturated carbocycles. The van der Waals surface area contributed by atoms with E-state index < -0.39 is 0 Å². The Bertz CT molecular complexity index is 598. The number of hydrogen-bond donors (Lipinski definition) is 0. The Hall–Kier alpha value is -1.56. The van der Waals surface area contributed by atoms with Gasteiger partial charge in [0.05, 0.1) is 0 Å². The first-order chi connectivity index (χ1) is 11.2. The quantitative estimate of drug-likeness (QED) is 0.425. The van der Waals surface area contributed by atoms with E-state index in [1.54, 1.807) is 22.3 Å². The molecule has 0 bridgehead atoms. The van der Waals surface area contributed by atoms with Crippen LogP contribution < -0.4 is 0 Å². The van der Waals surface area contributed by atoms with E-state index in [9.17, 15) is 0 Å². The molecule has 0 fully saturated rings. The van der Waals surface area contributed by atoms with E-state index >= 15 is 0 Å². The summed E-state index contributed by atoms with van der Waals surface area (Å²) < 4.78 is 0. The molecular weight excluding hydrogens is 288 g/mol. The second kappa shape index (κ2) is 9.06. The van der Waals surface area contributed by atoms with Gasteiger partial charge in [0.2, 0.25) is 0 Å². The van der Waals surface area contributed by atoms with Crippen molar-refractivity contribution in [3.8, 4) is 0 Å². The Morgan fingerprint density at radius 2 is 1.00 bits per heavy atom. The van der Waals surface area contributed by atoms with Gasteiger partial charge in [0, 0.05) is 0 Å². The largest absolute Gasteiger partial charge is 0.0808 e. The predicted octanol–water partition coefficient (Wildman–Crippen LogP) is 7.87. The molecule has 0 heteroatoms. The predicted molar refractivity (Wildman–Crippen MR) is 110 cm³/mol. The van der Waals surface area contributed by atoms with Crippen molar-refractivity contribution in [2.24, 2.45) is 5.92 Å². The van der Waals surface area contributed by atoms with Gasteiger partial charge in [0.25, 0.3) is 0 Å². The summed E-state index contributed by atoms with van der Waals surface area (Å²) in [5, 5.41) is 0. The maximum absolute atomic E-state index is 2.28. The summed E-state index contributed by atoms with van der Waals surface area (Å²) in [7, 11) is 0. The van der Waals surface area contributed by atoms with Gasteiger partial charge < -0.3 is 0 Å². The Balaban J connectivity index is 0.000000189. The first-order valence-corrected chi connectivity index (χ1v) is 9.18. The summed E-state index contributed by atoms with van der Waals surface area (Å²) in [4.78, 5) is 0. The van der Waals surface area contributed by atoms with E-state index in [4.69, 9.17) is 0 Å². The standard InChI is InChI=1S/C10H16.C9H14.C5H6/c1-6-7(2)9(4)10(5)8(6)3;1-6-5-7(2)9(4)8(6)3;1-2-4-5-3-1/h6H,1-5H3;5H2,1-4H3;1-4H,5H2. The molecule has 24 heavy (non-hydrogen) atoms. The van der Waals surface area contributed by atoms with Gasteiger partial charge in [-0.15, -0.1) is 0 Å². The molecule has 0 N–H and O–H groups in total. The molecule has 0 nitrogen and oxygen atoms in total. The molecule has 3 rings (SSSR count). The first kappa shape index (κ1) is 20.5. The van der Waals surface area contributed by atoms with Crippen LogP contribution in [-0.2, 0) is 0 Å². The van der Waals surface area contributed by atoms with Crippen LogP contribution in [-0.4, -0.2) is 0 Å². The van der Waals surface area contributed by atoms with Crippen molar-refractivity contribution in [2.45, 2.75) is 75.2 Å². The van der Waals surface area contributed by atoms with Crippen LogP contribution >= 0.6 is 0 Å². The zero-order valence-corrected chi connectivity index (χ0v) is 17.3. The molecule has 0 spiro atoms. The maximum atomic E-state index is 2.28. The van der Waals surface area contributed by atoms with Gasteiger partial charge in [0.1, 0.15) is 0 Å². The fourth-order valence-corrected chi connectivity index (χ4v) is 3.26. The molecule has 0 aliphatic heterocycles. The molecule has 0 aromatic carbocycles. The second-order valence-electron chi connectivity index (χ2n) is 7.42. The van der Waals surface area contributed by atoms with Crippen LogP contribution in [0.5, 0.6) is 0 Å². The summed E-state index contributed by atoms with van der Waals surface area (Å²) >= 11 is 0. The van der Waals surface area contributed by atoms with E-state index in [1.807, 2.05) is 0 Å². The lowest BCUT2D eigenvalue weighted by molar-refractivity contribution is 0.815. The van der Waals surface area contributed by atoms with E-state index in [0.717, 1.165) is 6.42 Å². The topological polar surface area (TPSA) is 0 Å². The minimum absolute atomic E-state index is 0.694. The smallest absolute Gasteiger partial charge is 0.00153 e. The van der Waals surface area contributed by atoms with Crippen LogP contribution in [0.4, 0.5) is 0 Å². The Kier molecular flexibility index (Phi) is 7.73. The second-order valence-corrected chi connectivity index (χ2v) is 7.42. The van der Waals surface area contributed by atoms with Gasteiger partial charge in [-0.3, -0.25) is 0 Å². The lowest BCUT2D eigenvalue weighted by Crippen LogP contribution is -1.92. The lowest BCUT2D eigenvalue weighted by atomic mass is 10.00. The van der Waals surface area contributed by atoms with Crippen molar-refractivity contribution < 1.29 is 0 Å². The van der Waals surface area contributed by atoms with Crippen LogP contribution in [0.2, 0.25) is 0 Å². The molecule has 0 atom stereocenters. The Morgan fingerprint density at radius 3 is 1.12 bits per heavy atom. The number of allylic oxidation sites excluding steroid dienone is 12. The van der Waals surface area contributed by atoms with Crippen molar-refractivity contribution >= 4 is 0 Å². The van der Waals surface area contributed by atoms with Gasteiger partial charge in [-0.2, -0.15) is 0 Å². The van der Waals surface area contributed by atoms with Gasteiger partial charge in [-0.1, -0.05) is 53.5 Å². The molecule has 3 aliphatic carbocycles. The highest BCUT2D eigenvalue weighted by atomic mass is 14.2. The molecule has 132 valence electrons.